The molecule has 0 bridgehead atoms. The van der Waals surface area contributed by atoms with Crippen molar-refractivity contribution in [3.63, 3.8) is 0 Å². The van der Waals surface area contributed by atoms with E-state index in [1.807, 2.05) is 37.3 Å². The van der Waals surface area contributed by atoms with Crippen molar-refractivity contribution in [2.24, 2.45) is 0 Å². The Balaban J connectivity index is 1.84. The van der Waals surface area contributed by atoms with Crippen LogP contribution in [0.1, 0.15) is 37.8 Å². The normalized spacial score (nSPS) is 11.8. The minimum absolute atomic E-state index is 0.0611. The molecule has 5 nitrogen and oxygen atoms in total. The Labute approximate surface area is 160 Å². The van der Waals surface area contributed by atoms with Gasteiger partial charge in [0, 0.05) is 54.1 Å². The van der Waals surface area contributed by atoms with E-state index in [0.717, 1.165) is 23.3 Å². The van der Waals surface area contributed by atoms with Gasteiger partial charge in [-0.05, 0) is 37.6 Å². The second kappa shape index (κ2) is 10.8. The van der Waals surface area contributed by atoms with Gasteiger partial charge >= 0.3 is 0 Å². The lowest BCUT2D eigenvalue weighted by molar-refractivity contribution is -0.121. The highest BCUT2D eigenvalue weighted by atomic mass is 35.5. The van der Waals surface area contributed by atoms with Gasteiger partial charge in [-0.3, -0.25) is 9.78 Å². The first-order valence-corrected chi connectivity index (χ1v) is 9.26. The Kier molecular flexibility index (Phi) is 8.38. The third kappa shape index (κ3) is 7.02. The Morgan fingerprint density at radius 3 is 2.92 bits per heavy atom. The second-order valence-corrected chi connectivity index (χ2v) is 6.64. The van der Waals surface area contributed by atoms with Crippen LogP contribution in [0.4, 0.5) is 0 Å². The van der Waals surface area contributed by atoms with E-state index in [4.69, 9.17) is 16.3 Å². The number of nitrogens with zero attached hydrogens (tertiary/aromatic N) is 1. The van der Waals surface area contributed by atoms with Gasteiger partial charge in [0.2, 0.25) is 5.91 Å². The quantitative estimate of drug-likeness (QED) is 0.621. The molecule has 0 aliphatic carbocycles. The van der Waals surface area contributed by atoms with Crippen LogP contribution in [0.5, 0.6) is 5.75 Å². The summed E-state index contributed by atoms with van der Waals surface area (Å²) in [7, 11) is 0. The Morgan fingerprint density at radius 1 is 1.35 bits per heavy atom. The highest BCUT2D eigenvalue weighted by Crippen LogP contribution is 2.23. The predicted octanol–water partition coefficient (Wildman–Crippen LogP) is 3.71. The van der Waals surface area contributed by atoms with E-state index in [-0.39, 0.29) is 11.9 Å². The number of carbonyl (C=O) groups is 1. The molecule has 2 aromatic rings. The van der Waals surface area contributed by atoms with Crippen molar-refractivity contribution in [3.05, 3.63) is 58.9 Å². The third-order valence-electron chi connectivity index (χ3n) is 4.00. The molecule has 0 aliphatic rings. The van der Waals surface area contributed by atoms with Crippen LogP contribution < -0.4 is 15.4 Å². The van der Waals surface area contributed by atoms with Gasteiger partial charge in [-0.2, -0.15) is 0 Å². The van der Waals surface area contributed by atoms with Crippen molar-refractivity contribution in [3.8, 4) is 5.75 Å². The van der Waals surface area contributed by atoms with Crippen molar-refractivity contribution < 1.29 is 9.53 Å². The molecule has 2 rings (SSSR count). The summed E-state index contributed by atoms with van der Waals surface area (Å²) in [5.41, 5.74) is 1.96. The smallest absolute Gasteiger partial charge is 0.221 e. The van der Waals surface area contributed by atoms with Crippen LogP contribution in [0.25, 0.3) is 0 Å². The molecule has 2 N–H and O–H groups in total. The van der Waals surface area contributed by atoms with Crippen LogP contribution in [-0.2, 0) is 17.9 Å². The largest absolute Gasteiger partial charge is 0.489 e. The molecule has 1 unspecified atom stereocenters. The van der Waals surface area contributed by atoms with Gasteiger partial charge < -0.3 is 15.4 Å². The summed E-state index contributed by atoms with van der Waals surface area (Å²) in [5, 5.41) is 6.89. The zero-order chi connectivity index (χ0) is 18.8. The summed E-state index contributed by atoms with van der Waals surface area (Å²) in [6.45, 7) is 5.68. The molecular weight excluding hydrogens is 350 g/mol. The van der Waals surface area contributed by atoms with Crippen molar-refractivity contribution in [1.82, 2.24) is 15.6 Å². The number of pyridine rings is 1. The van der Waals surface area contributed by atoms with Crippen LogP contribution in [0.3, 0.4) is 0 Å². The number of benzene rings is 1. The molecule has 0 spiro atoms. The summed E-state index contributed by atoms with van der Waals surface area (Å²) in [6, 6.07) is 9.62. The summed E-state index contributed by atoms with van der Waals surface area (Å²) in [5.74, 6) is 0.834. The van der Waals surface area contributed by atoms with E-state index in [9.17, 15) is 4.79 Å². The molecule has 1 atom stereocenters. The maximum atomic E-state index is 11.8. The number of aromatic nitrogens is 1. The van der Waals surface area contributed by atoms with Gasteiger partial charge in [-0.1, -0.05) is 24.6 Å². The van der Waals surface area contributed by atoms with E-state index in [1.165, 1.54) is 0 Å². The third-order valence-corrected chi connectivity index (χ3v) is 4.24. The molecule has 26 heavy (non-hydrogen) atoms. The molecule has 0 aliphatic heterocycles. The fourth-order valence-electron chi connectivity index (χ4n) is 2.35. The van der Waals surface area contributed by atoms with E-state index < -0.39 is 0 Å². The fourth-order valence-corrected chi connectivity index (χ4v) is 2.54. The Morgan fingerprint density at radius 2 is 2.19 bits per heavy atom. The van der Waals surface area contributed by atoms with Gasteiger partial charge in [0.05, 0.1) is 0 Å². The number of hydrogen-bond acceptors (Lipinski definition) is 4. The highest BCUT2D eigenvalue weighted by molar-refractivity contribution is 6.30. The zero-order valence-corrected chi connectivity index (χ0v) is 16.1. The van der Waals surface area contributed by atoms with E-state index in [1.54, 1.807) is 12.4 Å². The van der Waals surface area contributed by atoms with E-state index in [0.29, 0.717) is 31.1 Å². The van der Waals surface area contributed by atoms with Gasteiger partial charge in [0.1, 0.15) is 12.4 Å². The van der Waals surface area contributed by atoms with Gasteiger partial charge in [0.25, 0.3) is 0 Å². The molecule has 1 amide bonds. The molecule has 6 heteroatoms. The average molecular weight is 376 g/mol. The summed E-state index contributed by atoms with van der Waals surface area (Å²) >= 11 is 6.11. The van der Waals surface area contributed by atoms with Gasteiger partial charge in [0.15, 0.2) is 0 Å². The van der Waals surface area contributed by atoms with Crippen molar-refractivity contribution in [2.75, 3.05) is 6.54 Å². The maximum Gasteiger partial charge on any atom is 0.221 e. The number of amides is 1. The number of ether oxygens (including phenoxy) is 1. The lowest BCUT2D eigenvalue weighted by atomic mass is 10.2. The topological polar surface area (TPSA) is 63.2 Å². The molecular formula is C20H26ClN3O2. The van der Waals surface area contributed by atoms with Crippen LogP contribution in [0.2, 0.25) is 5.02 Å². The van der Waals surface area contributed by atoms with E-state index in [2.05, 4.69) is 22.5 Å². The minimum Gasteiger partial charge on any atom is -0.489 e. The SMILES string of the molecule is CCC(C)NC(=O)CCNCc1cc(Cl)ccc1OCc1cccnc1. The lowest BCUT2D eigenvalue weighted by Gasteiger charge is -2.14. The van der Waals surface area contributed by atoms with Crippen LogP contribution in [0, 0.1) is 0 Å². The fraction of sp³-hybridized carbons (Fsp3) is 0.400. The second-order valence-electron chi connectivity index (χ2n) is 6.21. The van der Waals surface area contributed by atoms with Crippen LogP contribution in [-0.4, -0.2) is 23.5 Å². The first-order valence-electron chi connectivity index (χ1n) is 8.88. The highest BCUT2D eigenvalue weighted by Gasteiger charge is 2.08. The summed E-state index contributed by atoms with van der Waals surface area (Å²) < 4.78 is 5.91. The molecule has 140 valence electrons. The molecule has 1 aromatic heterocycles. The number of hydrogen-bond donors (Lipinski definition) is 2. The first kappa shape index (κ1) is 20.2. The van der Waals surface area contributed by atoms with Crippen molar-refractivity contribution in [1.29, 1.82) is 0 Å². The predicted molar refractivity (Wildman–Crippen MR) is 104 cm³/mol. The molecule has 0 saturated heterocycles. The Bertz CT molecular complexity index is 695. The molecule has 0 saturated carbocycles. The number of nitrogens with one attached hydrogen (secondary N) is 2. The summed E-state index contributed by atoms with van der Waals surface area (Å²) in [4.78, 5) is 15.9. The van der Waals surface area contributed by atoms with Crippen molar-refractivity contribution >= 4 is 17.5 Å². The monoisotopic (exact) mass is 375 g/mol. The molecule has 1 aromatic carbocycles. The maximum absolute atomic E-state index is 11.8. The molecule has 0 radical (unpaired) electrons. The van der Waals surface area contributed by atoms with E-state index >= 15 is 0 Å². The minimum atomic E-state index is 0.0611. The van der Waals surface area contributed by atoms with Crippen LogP contribution >= 0.6 is 11.6 Å². The average Bonchev–Trinajstić information content (AvgIpc) is 2.65. The number of carbonyl (C=O) groups excluding carboxylic acids is 1. The molecule has 0 fully saturated rings. The standard InChI is InChI=1S/C20H26ClN3O2/c1-3-15(2)24-20(25)8-10-23-13-17-11-18(21)6-7-19(17)26-14-16-5-4-9-22-12-16/h4-7,9,11-12,15,23H,3,8,10,13-14H2,1-2H3,(H,24,25). The zero-order valence-electron chi connectivity index (χ0n) is 15.3. The Hall–Kier alpha value is -2.11. The molecule has 1 heterocycles. The first-order chi connectivity index (χ1) is 12.6. The van der Waals surface area contributed by atoms with Crippen LogP contribution in [0.15, 0.2) is 42.7 Å². The number of rotatable bonds is 10. The van der Waals surface area contributed by atoms with Crippen molar-refractivity contribution in [2.45, 2.75) is 45.9 Å². The van der Waals surface area contributed by atoms with Gasteiger partial charge in [-0.25, -0.2) is 0 Å². The summed E-state index contributed by atoms with van der Waals surface area (Å²) in [6.07, 6.45) is 4.89. The number of halogens is 1. The lowest BCUT2D eigenvalue weighted by Crippen LogP contribution is -2.33. The van der Waals surface area contributed by atoms with Gasteiger partial charge in [-0.15, -0.1) is 0 Å².